The summed E-state index contributed by atoms with van der Waals surface area (Å²) in [5.74, 6) is -1.11. The molecule has 0 bridgehead atoms. The van der Waals surface area contributed by atoms with Gasteiger partial charge in [0.15, 0.2) is 5.78 Å². The van der Waals surface area contributed by atoms with Gasteiger partial charge in [0.2, 0.25) is 11.8 Å². The van der Waals surface area contributed by atoms with Crippen LogP contribution in [0.5, 0.6) is 0 Å². The van der Waals surface area contributed by atoms with Gasteiger partial charge in [0.25, 0.3) is 0 Å². The molecule has 8 N–H and O–H groups in total. The van der Waals surface area contributed by atoms with E-state index >= 15 is 0 Å². The van der Waals surface area contributed by atoms with E-state index in [1.165, 1.54) is 12.1 Å². The molecule has 1 heterocycles. The van der Waals surface area contributed by atoms with Gasteiger partial charge in [0.1, 0.15) is 0 Å². The number of halogens is 3. The van der Waals surface area contributed by atoms with E-state index < -0.39 is 35.3 Å². The molecule has 13 heteroatoms. The fourth-order valence-electron chi connectivity index (χ4n) is 6.51. The average Bonchev–Trinajstić information content (AvgIpc) is 3.19. The maximum Gasteiger partial charge on any atom is 0.416 e. The number of nitrogens with one attached hydrogen (secondary N) is 2. The van der Waals surface area contributed by atoms with Gasteiger partial charge >= 0.3 is 13.1 Å². The van der Waals surface area contributed by atoms with Crippen molar-refractivity contribution in [3.63, 3.8) is 0 Å². The Bertz CT molecular complexity index is 1390. The van der Waals surface area contributed by atoms with Gasteiger partial charge in [-0.25, -0.2) is 0 Å². The molecule has 0 radical (unpaired) electrons. The highest BCUT2D eigenvalue weighted by atomic mass is 19.4. The molecule has 250 valence electrons. The number of benzene rings is 2. The number of hydrogen-bond acceptors (Lipinski definition) is 7. The molecule has 5 atom stereocenters. The third kappa shape index (κ3) is 9.40. The quantitative estimate of drug-likeness (QED) is 0.222. The summed E-state index contributed by atoms with van der Waals surface area (Å²) in [6.45, 7) is 5.78. The van der Waals surface area contributed by atoms with Crippen molar-refractivity contribution < 1.29 is 32.2 Å². The van der Waals surface area contributed by atoms with Crippen LogP contribution >= 0.6 is 0 Å². The van der Waals surface area contributed by atoms with Crippen molar-refractivity contribution in [3.05, 3.63) is 64.7 Å². The van der Waals surface area contributed by atoms with E-state index in [0.29, 0.717) is 24.8 Å². The third-order valence-corrected chi connectivity index (χ3v) is 8.92. The summed E-state index contributed by atoms with van der Waals surface area (Å²) in [6, 6.07) is 8.18. The van der Waals surface area contributed by atoms with Crippen LogP contribution in [0.4, 0.5) is 13.2 Å². The minimum absolute atomic E-state index is 0.00542. The van der Waals surface area contributed by atoms with E-state index in [0.717, 1.165) is 28.7 Å². The van der Waals surface area contributed by atoms with E-state index in [2.05, 4.69) is 10.6 Å². The zero-order valence-corrected chi connectivity index (χ0v) is 26.7. The lowest BCUT2D eigenvalue weighted by molar-refractivity contribution is -0.137. The molecule has 1 aliphatic carbocycles. The third-order valence-electron chi connectivity index (χ3n) is 8.92. The Balaban J connectivity index is 1.40. The highest BCUT2D eigenvalue weighted by molar-refractivity contribution is 6.67. The zero-order chi connectivity index (χ0) is 33.8. The number of alkyl halides is 3. The molecule has 2 aromatic rings. The topological polar surface area (TPSA) is 163 Å². The first kappa shape index (κ1) is 35.6. The summed E-state index contributed by atoms with van der Waals surface area (Å²) < 4.78 is 45.1. The van der Waals surface area contributed by atoms with Crippen molar-refractivity contribution in [3.8, 4) is 0 Å². The molecule has 4 rings (SSSR count). The number of aryl methyl sites for hydroxylation is 1. The van der Waals surface area contributed by atoms with Gasteiger partial charge < -0.3 is 32.5 Å². The van der Waals surface area contributed by atoms with Gasteiger partial charge in [-0.15, -0.1) is 0 Å². The second-order valence-corrected chi connectivity index (χ2v) is 13.3. The first-order valence-corrected chi connectivity index (χ1v) is 15.9. The molecule has 9 nitrogen and oxygen atoms in total. The smallest absolute Gasteiger partial charge is 0.416 e. The lowest BCUT2D eigenvalue weighted by Gasteiger charge is -2.31. The fraction of sp³-hybridized carbons (Fsp3) is 0.545. The molecule has 1 unspecified atom stereocenters. The zero-order valence-electron chi connectivity index (χ0n) is 26.7. The highest BCUT2D eigenvalue weighted by Crippen LogP contribution is 2.31. The molecule has 0 saturated heterocycles. The van der Waals surface area contributed by atoms with Crippen LogP contribution in [0.1, 0.15) is 74.6 Å². The Morgan fingerprint density at radius 3 is 2.26 bits per heavy atom. The Labute approximate surface area is 268 Å². The van der Waals surface area contributed by atoms with Crippen LogP contribution in [0.25, 0.3) is 0 Å². The predicted octanol–water partition coefficient (Wildman–Crippen LogP) is 2.46. The number of nitrogens with two attached hydrogens (primary N) is 3. The number of hydrogen-bond donors (Lipinski definition) is 5. The van der Waals surface area contributed by atoms with Crippen molar-refractivity contribution in [2.75, 3.05) is 0 Å². The van der Waals surface area contributed by atoms with Gasteiger partial charge in [-0.2, -0.15) is 13.2 Å². The van der Waals surface area contributed by atoms with Crippen LogP contribution in [0, 0.1) is 0 Å². The number of carbonyl (C=O) groups is 3. The predicted molar refractivity (Wildman–Crippen MR) is 171 cm³/mol. The molecule has 1 fully saturated rings. The minimum Gasteiger partial charge on any atom is -0.422 e. The minimum atomic E-state index is -4.46. The van der Waals surface area contributed by atoms with Crippen LogP contribution in [0.15, 0.2) is 42.5 Å². The SMILES string of the molecule is CB1OC(C)(C)c2ccc(CC(=O)[C@@H](CCc3ccc(C(F)(F)F)cc3)NC(=O)[C@@H](N)CCC(=O)NC3C[C@@H](N)C[C@@H](N)C3)cc21. The molecule has 0 aromatic heterocycles. The Morgan fingerprint density at radius 2 is 1.63 bits per heavy atom. The Kier molecular flexibility index (Phi) is 11.3. The van der Waals surface area contributed by atoms with Crippen LogP contribution in [0.3, 0.4) is 0 Å². The molecule has 2 amide bonds. The summed E-state index contributed by atoms with van der Waals surface area (Å²) in [4.78, 5) is 39.3. The largest absolute Gasteiger partial charge is 0.422 e. The summed E-state index contributed by atoms with van der Waals surface area (Å²) >= 11 is 0. The van der Waals surface area contributed by atoms with Crippen molar-refractivity contribution in [2.24, 2.45) is 17.2 Å². The Hall–Kier alpha value is -3.26. The first-order chi connectivity index (χ1) is 21.5. The molecule has 1 saturated carbocycles. The monoisotopic (exact) mass is 643 g/mol. The number of ketones is 1. The standard InChI is InChI=1S/C33H45BF3N5O4/c1-32(2)25-10-6-20(14-26(25)34(3)46-32)15-29(43)28(12-7-19-4-8-21(9-5-19)33(35,36)37)42-31(45)27(40)11-13-30(44)41-24-17-22(38)16-23(39)18-24/h4-6,8-10,14,22-24,27-28H,7,11-13,15-18,38-40H2,1-3H3,(H,41,44)(H,42,45)/t22-,23+,24?,27-,28+/m0/s1. The summed E-state index contributed by atoms with van der Waals surface area (Å²) in [6.07, 6.45) is -2.00. The maximum atomic E-state index is 13.6. The Morgan fingerprint density at radius 1 is 1.00 bits per heavy atom. The van der Waals surface area contributed by atoms with Gasteiger partial charge in [-0.3, -0.25) is 14.4 Å². The molecule has 46 heavy (non-hydrogen) atoms. The van der Waals surface area contributed by atoms with Crippen molar-refractivity contribution in [1.82, 2.24) is 10.6 Å². The van der Waals surface area contributed by atoms with Crippen LogP contribution < -0.4 is 33.3 Å². The second-order valence-electron chi connectivity index (χ2n) is 13.3. The number of Topliss-reactive ketones (excluding diaryl/α,β-unsaturated/α-hetero) is 1. The van der Waals surface area contributed by atoms with Gasteiger partial charge in [0.05, 0.1) is 23.2 Å². The van der Waals surface area contributed by atoms with Crippen molar-refractivity contribution >= 4 is 30.0 Å². The second kappa shape index (κ2) is 14.7. The summed E-state index contributed by atoms with van der Waals surface area (Å²) in [5, 5.41) is 5.67. The molecular weight excluding hydrogens is 598 g/mol. The van der Waals surface area contributed by atoms with E-state index in [1.54, 1.807) is 0 Å². The van der Waals surface area contributed by atoms with Crippen LogP contribution in [-0.2, 0) is 43.7 Å². The maximum absolute atomic E-state index is 13.6. The number of carbonyl (C=O) groups excluding carboxylic acids is 3. The van der Waals surface area contributed by atoms with Crippen LogP contribution in [-0.4, -0.2) is 54.7 Å². The molecule has 1 aliphatic heterocycles. The molecular formula is C33H45BF3N5O4. The van der Waals surface area contributed by atoms with Crippen molar-refractivity contribution in [2.45, 2.75) is 114 Å². The first-order valence-electron chi connectivity index (χ1n) is 15.9. The number of amides is 2. The highest BCUT2D eigenvalue weighted by Gasteiger charge is 2.38. The summed E-state index contributed by atoms with van der Waals surface area (Å²) in [7, 11) is 0. The average molecular weight is 644 g/mol. The number of rotatable bonds is 12. The fourth-order valence-corrected chi connectivity index (χ4v) is 6.51. The van der Waals surface area contributed by atoms with E-state index in [1.807, 2.05) is 38.9 Å². The van der Waals surface area contributed by atoms with Crippen molar-refractivity contribution in [1.29, 1.82) is 0 Å². The lowest BCUT2D eigenvalue weighted by atomic mass is 9.63. The van der Waals surface area contributed by atoms with E-state index in [4.69, 9.17) is 21.9 Å². The van der Waals surface area contributed by atoms with E-state index in [-0.39, 0.29) is 68.8 Å². The molecule has 2 aliphatic rings. The van der Waals surface area contributed by atoms with Gasteiger partial charge in [0, 0.05) is 31.0 Å². The molecule has 2 aromatic carbocycles. The lowest BCUT2D eigenvalue weighted by Crippen LogP contribution is -2.50. The summed E-state index contributed by atoms with van der Waals surface area (Å²) in [5.41, 5.74) is 20.4. The molecule has 0 spiro atoms. The van der Waals surface area contributed by atoms with Gasteiger partial charge in [-0.05, 0) is 86.7 Å². The normalized spacial score (nSPS) is 22.1. The van der Waals surface area contributed by atoms with Crippen LogP contribution in [0.2, 0.25) is 6.82 Å². The number of fused-ring (bicyclic) bond motifs is 1. The van der Waals surface area contributed by atoms with Gasteiger partial charge in [-0.1, -0.05) is 37.2 Å². The van der Waals surface area contributed by atoms with E-state index in [9.17, 15) is 27.6 Å².